The lowest BCUT2D eigenvalue weighted by Crippen LogP contribution is -2.36. The Morgan fingerprint density at radius 3 is 2.28 bits per heavy atom. The van der Waals surface area contributed by atoms with Gasteiger partial charge in [0.1, 0.15) is 0 Å². The van der Waals surface area contributed by atoms with Crippen LogP contribution in [-0.2, 0) is 0 Å². The van der Waals surface area contributed by atoms with E-state index in [1.54, 1.807) is 0 Å². The van der Waals surface area contributed by atoms with Crippen LogP contribution in [0.2, 0.25) is 0 Å². The van der Waals surface area contributed by atoms with Crippen LogP contribution in [0.1, 0.15) is 36.6 Å². The Hall–Kier alpha value is -4.40. The van der Waals surface area contributed by atoms with Gasteiger partial charge in [-0.15, -0.1) is 0 Å². The van der Waals surface area contributed by atoms with Gasteiger partial charge in [0.25, 0.3) is 17.5 Å². The molecule has 29 heavy (non-hydrogen) atoms. The molecule has 0 saturated heterocycles. The molecule has 3 aromatic carbocycles. The zero-order valence-corrected chi connectivity index (χ0v) is 14.6. The van der Waals surface area contributed by atoms with Gasteiger partial charge in [-0.25, -0.2) is 4.79 Å². The average molecular weight is 389 g/mol. The number of nitro benzene ring substituents is 1. The van der Waals surface area contributed by atoms with Gasteiger partial charge >= 0.3 is 5.97 Å². The maximum Gasteiger partial charge on any atom is 0.335 e. The molecule has 1 N–H and O–H groups in total. The van der Waals surface area contributed by atoms with E-state index in [0.29, 0.717) is 10.6 Å². The number of amides is 2. The molecule has 0 atom stereocenters. The first kappa shape index (κ1) is 18.0. The number of hydrogen-bond acceptors (Lipinski definition) is 6. The fourth-order valence-corrected chi connectivity index (χ4v) is 3.17. The van der Waals surface area contributed by atoms with Crippen molar-refractivity contribution in [3.05, 3.63) is 87.0 Å². The van der Waals surface area contributed by atoms with Gasteiger partial charge in [-0.05, 0) is 35.9 Å². The number of benzene rings is 3. The molecule has 0 bridgehead atoms. The molecule has 9 heteroatoms. The third-order valence-corrected chi connectivity index (χ3v) is 4.54. The molecule has 0 saturated carbocycles. The summed E-state index contributed by atoms with van der Waals surface area (Å²) < 4.78 is 0. The largest absolute Gasteiger partial charge is 0.478 e. The molecule has 0 fully saturated rings. The maximum atomic E-state index is 12.8. The normalized spacial score (nSPS) is 13.3. The Kier molecular flexibility index (Phi) is 4.12. The number of carboxylic acid groups (broad SMARTS) is 1. The van der Waals surface area contributed by atoms with Crippen LogP contribution in [-0.4, -0.2) is 39.0 Å². The molecule has 1 aliphatic heterocycles. The van der Waals surface area contributed by atoms with Crippen LogP contribution in [0.4, 0.5) is 5.69 Å². The van der Waals surface area contributed by atoms with Crippen molar-refractivity contribution in [2.75, 3.05) is 0 Å². The molecule has 0 spiro atoms. The number of carboxylic acids is 1. The second kappa shape index (κ2) is 6.64. The van der Waals surface area contributed by atoms with E-state index in [1.807, 2.05) is 0 Å². The van der Waals surface area contributed by atoms with Crippen molar-refractivity contribution in [1.29, 1.82) is 0 Å². The molecule has 0 radical (unpaired) electrons. The minimum Gasteiger partial charge on any atom is -0.478 e. The number of aromatic carboxylic acids is 1. The highest BCUT2D eigenvalue weighted by molar-refractivity contribution is 6.26. The summed E-state index contributed by atoms with van der Waals surface area (Å²) in [5.74, 6) is -2.48. The number of hydrazone groups is 1. The Morgan fingerprint density at radius 1 is 1.00 bits per heavy atom. The lowest BCUT2D eigenvalue weighted by Gasteiger charge is -2.22. The monoisotopic (exact) mass is 389 g/mol. The van der Waals surface area contributed by atoms with Gasteiger partial charge in [0.05, 0.1) is 33.2 Å². The summed E-state index contributed by atoms with van der Waals surface area (Å²) in [6.45, 7) is 0. The maximum absolute atomic E-state index is 12.8. The standard InChI is InChI=1S/C20H11N3O6/c24-18-14-3-1-2-13-16(23(28)29)9-8-15(17(13)14)19(25)22(18)21-10-11-4-6-12(7-5-11)20(26)27/h1-10H,(H,26,27)/b21-10-. The fraction of sp³-hybridized carbons (Fsp3) is 0. The van der Waals surface area contributed by atoms with Crippen molar-refractivity contribution in [2.24, 2.45) is 5.10 Å². The summed E-state index contributed by atoms with van der Waals surface area (Å²) >= 11 is 0. The van der Waals surface area contributed by atoms with Gasteiger partial charge in [0, 0.05) is 11.5 Å². The topological polar surface area (TPSA) is 130 Å². The smallest absolute Gasteiger partial charge is 0.335 e. The summed E-state index contributed by atoms with van der Waals surface area (Å²) in [7, 11) is 0. The highest BCUT2D eigenvalue weighted by Gasteiger charge is 2.34. The van der Waals surface area contributed by atoms with Crippen LogP contribution in [0.15, 0.2) is 59.7 Å². The number of carbonyl (C=O) groups excluding carboxylic acids is 2. The zero-order chi connectivity index (χ0) is 20.7. The van der Waals surface area contributed by atoms with Crippen molar-refractivity contribution in [3.63, 3.8) is 0 Å². The van der Waals surface area contributed by atoms with Crippen LogP contribution < -0.4 is 0 Å². The quantitative estimate of drug-likeness (QED) is 0.316. The second-order valence-electron chi connectivity index (χ2n) is 6.21. The van der Waals surface area contributed by atoms with E-state index in [0.717, 1.165) is 0 Å². The number of hydrogen-bond donors (Lipinski definition) is 1. The summed E-state index contributed by atoms with van der Waals surface area (Å²) in [6.07, 6.45) is 1.26. The molecule has 0 unspecified atom stereocenters. The number of nitrogens with zero attached hydrogens (tertiary/aromatic N) is 3. The Morgan fingerprint density at radius 2 is 1.66 bits per heavy atom. The van der Waals surface area contributed by atoms with Crippen LogP contribution in [0, 0.1) is 10.1 Å². The lowest BCUT2D eigenvalue weighted by molar-refractivity contribution is -0.383. The molecular formula is C20H11N3O6. The van der Waals surface area contributed by atoms with Gasteiger partial charge in [-0.1, -0.05) is 18.2 Å². The third-order valence-electron chi connectivity index (χ3n) is 4.54. The molecule has 2 amide bonds. The summed E-state index contributed by atoms with van der Waals surface area (Å²) in [5.41, 5.74) is 0.665. The summed E-state index contributed by atoms with van der Waals surface area (Å²) in [5, 5.41) is 25.3. The highest BCUT2D eigenvalue weighted by atomic mass is 16.6. The lowest BCUT2D eigenvalue weighted by atomic mass is 9.94. The number of imide groups is 1. The number of carbonyl (C=O) groups is 3. The van der Waals surface area contributed by atoms with E-state index < -0.39 is 22.7 Å². The zero-order valence-electron chi connectivity index (χ0n) is 14.6. The van der Waals surface area contributed by atoms with E-state index in [2.05, 4.69) is 5.10 Å². The molecule has 3 aromatic rings. The van der Waals surface area contributed by atoms with Crippen LogP contribution in [0.3, 0.4) is 0 Å². The first-order valence-corrected chi connectivity index (χ1v) is 8.34. The predicted octanol–water partition coefficient (Wildman–Crippen LogP) is 3.08. The fourth-order valence-electron chi connectivity index (χ4n) is 3.17. The average Bonchev–Trinajstić information content (AvgIpc) is 2.71. The van der Waals surface area contributed by atoms with Crippen LogP contribution >= 0.6 is 0 Å². The van der Waals surface area contributed by atoms with Crippen LogP contribution in [0.25, 0.3) is 10.8 Å². The van der Waals surface area contributed by atoms with Gasteiger partial charge < -0.3 is 5.11 Å². The SMILES string of the molecule is O=C(O)c1ccc(/C=N\N2C(=O)c3cccc4c([N+](=O)[O-])ccc(c34)C2=O)cc1. The van der Waals surface area contributed by atoms with E-state index >= 15 is 0 Å². The van der Waals surface area contributed by atoms with Crippen molar-refractivity contribution >= 4 is 40.5 Å². The van der Waals surface area contributed by atoms with Crippen molar-refractivity contribution in [1.82, 2.24) is 5.01 Å². The van der Waals surface area contributed by atoms with Crippen molar-refractivity contribution in [2.45, 2.75) is 0 Å². The minimum atomic E-state index is -1.08. The highest BCUT2D eigenvalue weighted by Crippen LogP contribution is 2.35. The van der Waals surface area contributed by atoms with E-state index in [1.165, 1.54) is 60.8 Å². The number of nitro groups is 1. The van der Waals surface area contributed by atoms with Gasteiger partial charge in [-0.3, -0.25) is 19.7 Å². The van der Waals surface area contributed by atoms with Crippen molar-refractivity contribution < 1.29 is 24.4 Å². The van der Waals surface area contributed by atoms with E-state index in [-0.39, 0.29) is 33.2 Å². The Balaban J connectivity index is 1.75. The molecular weight excluding hydrogens is 378 g/mol. The predicted molar refractivity (Wildman–Crippen MR) is 102 cm³/mol. The summed E-state index contributed by atoms with van der Waals surface area (Å²) in [4.78, 5) is 47.2. The molecule has 1 heterocycles. The molecule has 0 aromatic heterocycles. The molecule has 142 valence electrons. The summed E-state index contributed by atoms with van der Waals surface area (Å²) in [6, 6.07) is 12.7. The number of non-ortho nitro benzene ring substituents is 1. The van der Waals surface area contributed by atoms with Crippen molar-refractivity contribution in [3.8, 4) is 0 Å². The first-order valence-electron chi connectivity index (χ1n) is 8.34. The third kappa shape index (κ3) is 2.90. The number of rotatable bonds is 4. The Bertz CT molecular complexity index is 1220. The molecule has 1 aliphatic rings. The van der Waals surface area contributed by atoms with Gasteiger partial charge in [0.2, 0.25) is 0 Å². The van der Waals surface area contributed by atoms with E-state index in [9.17, 15) is 24.5 Å². The molecule has 4 rings (SSSR count). The molecule has 9 nitrogen and oxygen atoms in total. The second-order valence-corrected chi connectivity index (χ2v) is 6.21. The Labute approximate surface area is 162 Å². The minimum absolute atomic E-state index is 0.0921. The van der Waals surface area contributed by atoms with Gasteiger partial charge in [-0.2, -0.15) is 10.1 Å². The molecule has 0 aliphatic carbocycles. The van der Waals surface area contributed by atoms with Gasteiger partial charge in [0.15, 0.2) is 0 Å². The first-order chi connectivity index (χ1) is 13.9. The van der Waals surface area contributed by atoms with E-state index in [4.69, 9.17) is 5.11 Å². The van der Waals surface area contributed by atoms with Crippen LogP contribution in [0.5, 0.6) is 0 Å².